The monoisotopic (exact) mass is 451 g/mol. The van der Waals surface area contributed by atoms with Crippen molar-refractivity contribution < 1.29 is 18.0 Å². The van der Waals surface area contributed by atoms with Crippen LogP contribution in [0, 0.1) is 6.92 Å². The highest BCUT2D eigenvalue weighted by molar-refractivity contribution is 7.92. The summed E-state index contributed by atoms with van der Waals surface area (Å²) in [6.07, 6.45) is 1.03. The second-order valence-electron chi connectivity index (χ2n) is 7.33. The van der Waals surface area contributed by atoms with Crippen molar-refractivity contribution in [1.82, 2.24) is 5.32 Å². The van der Waals surface area contributed by atoms with E-state index in [0.29, 0.717) is 22.0 Å². The number of amides is 2. The molecule has 2 aromatic carbocycles. The van der Waals surface area contributed by atoms with Crippen LogP contribution in [0.2, 0.25) is 5.02 Å². The normalized spacial score (nSPS) is 12.4. The highest BCUT2D eigenvalue weighted by atomic mass is 35.5. The van der Waals surface area contributed by atoms with Gasteiger partial charge in [-0.2, -0.15) is 0 Å². The summed E-state index contributed by atoms with van der Waals surface area (Å²) in [5.41, 5.74) is 1.56. The van der Waals surface area contributed by atoms with Gasteiger partial charge in [0.2, 0.25) is 15.9 Å². The van der Waals surface area contributed by atoms with Crippen LogP contribution in [0.5, 0.6) is 0 Å². The average molecular weight is 452 g/mol. The Morgan fingerprint density at radius 1 is 1.07 bits per heavy atom. The molecule has 0 spiro atoms. The molecule has 2 N–H and O–H groups in total. The lowest BCUT2D eigenvalue weighted by Crippen LogP contribution is -2.46. The minimum Gasteiger partial charge on any atom is -0.350 e. The Balaban J connectivity index is 2.38. The summed E-state index contributed by atoms with van der Waals surface area (Å²) in [4.78, 5) is 25.4. The molecule has 1 atom stereocenters. The van der Waals surface area contributed by atoms with Crippen LogP contribution in [-0.2, 0) is 14.8 Å². The van der Waals surface area contributed by atoms with Gasteiger partial charge in [0.15, 0.2) is 0 Å². The van der Waals surface area contributed by atoms with Gasteiger partial charge in [-0.05, 0) is 57.5 Å². The first-order chi connectivity index (χ1) is 13.9. The number of anilines is 2. The van der Waals surface area contributed by atoms with Gasteiger partial charge in [-0.3, -0.25) is 13.9 Å². The van der Waals surface area contributed by atoms with E-state index in [-0.39, 0.29) is 17.5 Å². The molecule has 0 aliphatic rings. The molecule has 0 heterocycles. The molecule has 0 aromatic heterocycles. The third kappa shape index (κ3) is 5.73. The van der Waals surface area contributed by atoms with E-state index in [2.05, 4.69) is 10.6 Å². The number of aryl methyl sites for hydroxylation is 1. The number of nitrogens with one attached hydrogen (secondary N) is 2. The van der Waals surface area contributed by atoms with E-state index >= 15 is 0 Å². The first kappa shape index (κ1) is 23.7. The van der Waals surface area contributed by atoms with Crippen molar-refractivity contribution in [2.45, 2.75) is 39.8 Å². The van der Waals surface area contributed by atoms with Crippen LogP contribution in [0.25, 0.3) is 0 Å². The summed E-state index contributed by atoms with van der Waals surface area (Å²) in [7, 11) is -3.80. The Morgan fingerprint density at radius 3 is 2.30 bits per heavy atom. The molecule has 0 aliphatic carbocycles. The maximum absolute atomic E-state index is 13.0. The molecule has 9 heteroatoms. The maximum atomic E-state index is 13.0. The Bertz CT molecular complexity index is 1050. The molecule has 0 saturated carbocycles. The van der Waals surface area contributed by atoms with E-state index in [0.717, 1.165) is 10.6 Å². The van der Waals surface area contributed by atoms with Gasteiger partial charge < -0.3 is 10.6 Å². The number of sulfonamides is 1. The van der Waals surface area contributed by atoms with Gasteiger partial charge in [-0.15, -0.1) is 0 Å². The molecular weight excluding hydrogens is 426 g/mol. The summed E-state index contributed by atoms with van der Waals surface area (Å²) in [6.45, 7) is 6.88. The molecule has 0 aliphatic heterocycles. The lowest BCUT2D eigenvalue weighted by molar-refractivity contribution is -0.116. The highest BCUT2D eigenvalue weighted by Gasteiger charge is 2.31. The number of para-hydroxylation sites is 1. The van der Waals surface area contributed by atoms with Crippen LogP contribution in [0.4, 0.5) is 11.4 Å². The quantitative estimate of drug-likeness (QED) is 0.672. The van der Waals surface area contributed by atoms with Crippen molar-refractivity contribution in [2.24, 2.45) is 0 Å². The van der Waals surface area contributed by atoms with Gasteiger partial charge >= 0.3 is 0 Å². The fourth-order valence-electron chi connectivity index (χ4n) is 2.97. The van der Waals surface area contributed by atoms with Crippen LogP contribution in [0.3, 0.4) is 0 Å². The second kappa shape index (κ2) is 9.49. The smallest absolute Gasteiger partial charge is 0.253 e. The molecule has 30 heavy (non-hydrogen) atoms. The molecule has 0 unspecified atom stereocenters. The molecular formula is C21H26ClN3O4S. The Morgan fingerprint density at radius 2 is 1.70 bits per heavy atom. The van der Waals surface area contributed by atoms with Crippen LogP contribution < -0.4 is 14.9 Å². The molecule has 162 valence electrons. The second-order valence-corrected chi connectivity index (χ2v) is 9.62. The number of rotatable bonds is 7. The molecule has 0 saturated heterocycles. The first-order valence-electron chi connectivity index (χ1n) is 9.38. The van der Waals surface area contributed by atoms with E-state index in [4.69, 9.17) is 11.6 Å². The number of hydrogen-bond acceptors (Lipinski definition) is 4. The van der Waals surface area contributed by atoms with Crippen LogP contribution >= 0.6 is 11.6 Å². The molecule has 0 fully saturated rings. The Kier molecular flexibility index (Phi) is 7.49. The van der Waals surface area contributed by atoms with E-state index in [1.807, 2.05) is 13.8 Å². The van der Waals surface area contributed by atoms with Crippen LogP contribution in [-0.4, -0.2) is 38.6 Å². The lowest BCUT2D eigenvalue weighted by Gasteiger charge is -2.29. The molecule has 0 radical (unpaired) electrons. The minimum atomic E-state index is -3.80. The Labute approximate surface area is 182 Å². The molecule has 2 aromatic rings. The average Bonchev–Trinajstić information content (AvgIpc) is 2.63. The summed E-state index contributed by atoms with van der Waals surface area (Å²) >= 11 is 6.06. The zero-order valence-electron chi connectivity index (χ0n) is 17.6. The first-order valence-corrected chi connectivity index (χ1v) is 11.6. The fourth-order valence-corrected chi connectivity index (χ4v) is 4.36. The highest BCUT2D eigenvalue weighted by Crippen LogP contribution is 2.28. The number of nitrogens with zero attached hydrogens (tertiary/aromatic N) is 1. The van der Waals surface area contributed by atoms with Crippen molar-refractivity contribution in [3.05, 3.63) is 58.6 Å². The molecule has 2 rings (SSSR count). The van der Waals surface area contributed by atoms with Crippen molar-refractivity contribution in [2.75, 3.05) is 15.9 Å². The Hall–Kier alpha value is -2.58. The predicted octanol–water partition coefficient (Wildman–Crippen LogP) is 3.58. The number of benzene rings is 2. The predicted molar refractivity (Wildman–Crippen MR) is 121 cm³/mol. The van der Waals surface area contributed by atoms with E-state index < -0.39 is 22.0 Å². The van der Waals surface area contributed by atoms with Gasteiger partial charge in [-0.25, -0.2) is 8.42 Å². The van der Waals surface area contributed by atoms with Crippen molar-refractivity contribution in [1.29, 1.82) is 0 Å². The SMILES string of the molecule is Cc1ccc(Cl)cc1N([C@H](C)C(=O)Nc1ccccc1C(=O)NC(C)C)S(C)(=O)=O. The topological polar surface area (TPSA) is 95.6 Å². The van der Waals surface area contributed by atoms with Crippen molar-refractivity contribution >= 4 is 44.8 Å². The molecule has 0 bridgehead atoms. The van der Waals surface area contributed by atoms with Crippen molar-refractivity contribution in [3.63, 3.8) is 0 Å². The summed E-state index contributed by atoms with van der Waals surface area (Å²) in [6, 6.07) is 10.2. The number of carbonyl (C=O) groups excluding carboxylic acids is 2. The van der Waals surface area contributed by atoms with Crippen molar-refractivity contribution in [3.8, 4) is 0 Å². The zero-order valence-corrected chi connectivity index (χ0v) is 19.1. The van der Waals surface area contributed by atoms with Gasteiger partial charge in [0.1, 0.15) is 6.04 Å². The molecule has 7 nitrogen and oxygen atoms in total. The lowest BCUT2D eigenvalue weighted by atomic mass is 10.1. The number of halogens is 1. The molecule has 2 amide bonds. The van der Waals surface area contributed by atoms with E-state index in [1.165, 1.54) is 13.0 Å². The number of hydrogen-bond donors (Lipinski definition) is 2. The number of carbonyl (C=O) groups is 2. The van der Waals surface area contributed by atoms with E-state index in [9.17, 15) is 18.0 Å². The summed E-state index contributed by atoms with van der Waals surface area (Å²) in [5.74, 6) is -0.913. The van der Waals surface area contributed by atoms with Gasteiger partial charge in [-0.1, -0.05) is 29.8 Å². The summed E-state index contributed by atoms with van der Waals surface area (Å²) in [5, 5.41) is 5.81. The maximum Gasteiger partial charge on any atom is 0.253 e. The van der Waals surface area contributed by atoms with Gasteiger partial charge in [0.05, 0.1) is 23.2 Å². The van der Waals surface area contributed by atoms with Gasteiger partial charge in [0.25, 0.3) is 5.91 Å². The van der Waals surface area contributed by atoms with E-state index in [1.54, 1.807) is 43.3 Å². The third-order valence-electron chi connectivity index (χ3n) is 4.35. The van der Waals surface area contributed by atoms with Crippen LogP contribution in [0.15, 0.2) is 42.5 Å². The van der Waals surface area contributed by atoms with Gasteiger partial charge in [0, 0.05) is 11.1 Å². The third-order valence-corrected chi connectivity index (χ3v) is 5.81. The fraction of sp³-hybridized carbons (Fsp3) is 0.333. The zero-order chi connectivity index (χ0) is 22.6. The van der Waals surface area contributed by atoms with Crippen LogP contribution in [0.1, 0.15) is 36.7 Å². The minimum absolute atomic E-state index is 0.0771. The summed E-state index contributed by atoms with van der Waals surface area (Å²) < 4.78 is 26.1. The standard InChI is InChI=1S/C21H26ClN3O4S/c1-13(2)23-21(27)17-8-6-7-9-18(17)24-20(26)15(4)25(30(5,28)29)19-12-16(22)11-10-14(19)3/h6-13,15H,1-5H3,(H,23,27)(H,24,26)/t15-/m1/s1. The largest absolute Gasteiger partial charge is 0.350 e.